The predicted molar refractivity (Wildman–Crippen MR) is 80.0 cm³/mol. The van der Waals surface area contributed by atoms with Crippen LogP contribution in [0.25, 0.3) is 0 Å². The Morgan fingerprint density at radius 2 is 1.86 bits per heavy atom. The summed E-state index contributed by atoms with van der Waals surface area (Å²) < 4.78 is 5.19. The van der Waals surface area contributed by atoms with Gasteiger partial charge >= 0.3 is 0 Å². The lowest BCUT2D eigenvalue weighted by Gasteiger charge is -2.13. The van der Waals surface area contributed by atoms with Crippen molar-refractivity contribution in [1.29, 1.82) is 0 Å². The zero-order valence-electron chi connectivity index (χ0n) is 11.6. The quantitative estimate of drug-likeness (QED) is 0.653. The number of carbonyl (C=O) groups excluding carboxylic acids is 1. The first kappa shape index (κ1) is 14.7. The van der Waals surface area contributed by atoms with E-state index in [1.165, 1.54) is 13.3 Å². The first-order chi connectivity index (χ1) is 10.2. The van der Waals surface area contributed by atoms with E-state index in [2.05, 4.69) is 10.5 Å². The number of hydrogen-bond donors (Lipinski definition) is 2. The summed E-state index contributed by atoms with van der Waals surface area (Å²) in [6.07, 6.45) is 0.651. The molecule has 0 saturated carbocycles. The standard InChI is InChI=1S/C16H16N2O3/c1-21-15(12-7-3-2-4-8-12)16(20)18-17-11-13-9-5-6-10-14(13)19/h2-11,15,19H,1H3,(H,18,20). The Balaban J connectivity index is 2.02. The van der Waals surface area contributed by atoms with Crippen LogP contribution in [-0.2, 0) is 9.53 Å². The van der Waals surface area contributed by atoms with Gasteiger partial charge in [0.2, 0.25) is 0 Å². The number of nitrogens with one attached hydrogen (secondary N) is 1. The fourth-order valence-electron chi connectivity index (χ4n) is 1.84. The van der Waals surface area contributed by atoms with Gasteiger partial charge in [0, 0.05) is 12.7 Å². The SMILES string of the molecule is COC(C(=O)NN=Cc1ccccc1O)c1ccccc1. The third kappa shape index (κ3) is 3.90. The third-order valence-electron chi connectivity index (χ3n) is 2.89. The van der Waals surface area contributed by atoms with Gasteiger partial charge in [-0.3, -0.25) is 4.79 Å². The number of hydrazone groups is 1. The molecule has 2 N–H and O–H groups in total. The third-order valence-corrected chi connectivity index (χ3v) is 2.89. The van der Waals surface area contributed by atoms with Crippen LogP contribution in [0.5, 0.6) is 5.75 Å². The molecule has 1 unspecified atom stereocenters. The molecule has 21 heavy (non-hydrogen) atoms. The molecular weight excluding hydrogens is 268 g/mol. The Morgan fingerprint density at radius 1 is 1.19 bits per heavy atom. The molecule has 5 heteroatoms. The average molecular weight is 284 g/mol. The van der Waals surface area contributed by atoms with Crippen molar-refractivity contribution in [3.8, 4) is 5.75 Å². The lowest BCUT2D eigenvalue weighted by Crippen LogP contribution is -2.26. The molecule has 108 valence electrons. The van der Waals surface area contributed by atoms with E-state index in [1.54, 1.807) is 36.4 Å². The normalized spacial score (nSPS) is 12.2. The second-order valence-electron chi connectivity index (χ2n) is 4.32. The Morgan fingerprint density at radius 3 is 2.52 bits per heavy atom. The van der Waals surface area contributed by atoms with Gasteiger partial charge in [0.1, 0.15) is 5.75 Å². The Labute approximate surface area is 122 Å². The van der Waals surface area contributed by atoms with E-state index in [0.717, 1.165) is 5.56 Å². The number of amides is 1. The number of phenolic OH excluding ortho intramolecular Hbond substituents is 1. The largest absolute Gasteiger partial charge is 0.507 e. The molecule has 2 aromatic rings. The average Bonchev–Trinajstić information content (AvgIpc) is 2.51. The number of phenols is 1. The second-order valence-corrected chi connectivity index (χ2v) is 4.32. The van der Waals surface area contributed by atoms with E-state index in [-0.39, 0.29) is 11.7 Å². The minimum atomic E-state index is -0.729. The van der Waals surface area contributed by atoms with Crippen LogP contribution < -0.4 is 5.43 Å². The second kappa shape index (κ2) is 7.21. The van der Waals surface area contributed by atoms with Gasteiger partial charge in [0.25, 0.3) is 5.91 Å². The zero-order valence-corrected chi connectivity index (χ0v) is 11.6. The minimum Gasteiger partial charge on any atom is -0.507 e. The topological polar surface area (TPSA) is 70.9 Å². The fraction of sp³-hybridized carbons (Fsp3) is 0.125. The molecule has 0 aliphatic rings. The van der Waals surface area contributed by atoms with Gasteiger partial charge in [-0.25, -0.2) is 5.43 Å². The molecule has 0 spiro atoms. The number of nitrogens with zero attached hydrogens (tertiary/aromatic N) is 1. The van der Waals surface area contributed by atoms with Crippen LogP contribution in [0, 0.1) is 0 Å². The van der Waals surface area contributed by atoms with E-state index in [1.807, 2.05) is 18.2 Å². The molecule has 0 heterocycles. The van der Waals surface area contributed by atoms with E-state index >= 15 is 0 Å². The Hall–Kier alpha value is -2.66. The molecular formula is C16H16N2O3. The molecule has 2 rings (SSSR count). The highest BCUT2D eigenvalue weighted by molar-refractivity contribution is 5.86. The van der Waals surface area contributed by atoms with Gasteiger partial charge in [-0.2, -0.15) is 5.10 Å². The summed E-state index contributed by atoms with van der Waals surface area (Å²) in [5.74, 6) is -0.280. The number of aromatic hydroxyl groups is 1. The first-order valence-corrected chi connectivity index (χ1v) is 6.41. The molecule has 0 aliphatic carbocycles. The van der Waals surface area contributed by atoms with E-state index in [4.69, 9.17) is 4.74 Å². The van der Waals surface area contributed by atoms with Crippen LogP contribution in [0.2, 0.25) is 0 Å². The van der Waals surface area contributed by atoms with Crippen molar-refractivity contribution in [3.63, 3.8) is 0 Å². The highest BCUT2D eigenvalue weighted by atomic mass is 16.5. The molecule has 0 aromatic heterocycles. The maximum atomic E-state index is 12.0. The Bertz CT molecular complexity index is 626. The number of ether oxygens (including phenoxy) is 1. The van der Waals surface area contributed by atoms with Crippen LogP contribution in [-0.4, -0.2) is 24.3 Å². The van der Waals surface area contributed by atoms with Crippen molar-refractivity contribution in [2.75, 3.05) is 7.11 Å². The summed E-state index contributed by atoms with van der Waals surface area (Å²) in [5, 5.41) is 13.4. The number of rotatable bonds is 5. The Kier molecular flexibility index (Phi) is 5.06. The fourth-order valence-corrected chi connectivity index (χ4v) is 1.84. The monoisotopic (exact) mass is 284 g/mol. The van der Waals surface area contributed by atoms with E-state index in [0.29, 0.717) is 5.56 Å². The molecule has 0 bridgehead atoms. The van der Waals surface area contributed by atoms with E-state index in [9.17, 15) is 9.90 Å². The number of carbonyl (C=O) groups is 1. The minimum absolute atomic E-state index is 0.0989. The van der Waals surface area contributed by atoms with Crippen molar-refractivity contribution in [3.05, 3.63) is 65.7 Å². The number of benzene rings is 2. The van der Waals surface area contributed by atoms with Crippen LogP contribution in [0.15, 0.2) is 59.7 Å². The molecule has 2 aromatic carbocycles. The summed E-state index contributed by atoms with van der Waals surface area (Å²) in [5.41, 5.74) is 3.67. The molecule has 1 atom stereocenters. The highest BCUT2D eigenvalue weighted by Gasteiger charge is 2.19. The highest BCUT2D eigenvalue weighted by Crippen LogP contribution is 2.16. The summed E-state index contributed by atoms with van der Waals surface area (Å²) in [6, 6.07) is 15.9. The smallest absolute Gasteiger partial charge is 0.273 e. The van der Waals surface area contributed by atoms with Gasteiger partial charge in [-0.15, -0.1) is 0 Å². The maximum absolute atomic E-state index is 12.0. The van der Waals surface area contributed by atoms with Crippen LogP contribution >= 0.6 is 0 Å². The predicted octanol–water partition coefficient (Wildman–Crippen LogP) is 2.23. The van der Waals surface area contributed by atoms with Gasteiger partial charge in [-0.1, -0.05) is 42.5 Å². The van der Waals surface area contributed by atoms with Gasteiger partial charge in [0.05, 0.1) is 6.21 Å². The van der Waals surface area contributed by atoms with Crippen LogP contribution in [0.1, 0.15) is 17.2 Å². The van der Waals surface area contributed by atoms with Crippen molar-refractivity contribution in [2.45, 2.75) is 6.10 Å². The molecule has 0 radical (unpaired) electrons. The summed E-state index contributed by atoms with van der Waals surface area (Å²) >= 11 is 0. The number of hydrogen-bond acceptors (Lipinski definition) is 4. The number of para-hydroxylation sites is 1. The van der Waals surface area contributed by atoms with E-state index < -0.39 is 6.10 Å². The van der Waals surface area contributed by atoms with Crippen molar-refractivity contribution in [2.24, 2.45) is 5.10 Å². The van der Waals surface area contributed by atoms with Crippen molar-refractivity contribution < 1.29 is 14.6 Å². The van der Waals surface area contributed by atoms with Gasteiger partial charge < -0.3 is 9.84 Å². The summed E-state index contributed by atoms with van der Waals surface area (Å²) in [4.78, 5) is 12.0. The number of methoxy groups -OCH3 is 1. The van der Waals surface area contributed by atoms with Crippen molar-refractivity contribution >= 4 is 12.1 Å². The molecule has 5 nitrogen and oxygen atoms in total. The van der Waals surface area contributed by atoms with Crippen molar-refractivity contribution in [1.82, 2.24) is 5.43 Å². The van der Waals surface area contributed by atoms with Crippen LogP contribution in [0.3, 0.4) is 0 Å². The molecule has 1 amide bonds. The molecule has 0 aliphatic heterocycles. The lowest BCUT2D eigenvalue weighted by molar-refractivity contribution is -0.131. The van der Waals surface area contributed by atoms with Gasteiger partial charge in [0.15, 0.2) is 6.10 Å². The summed E-state index contributed by atoms with van der Waals surface area (Å²) in [6.45, 7) is 0. The molecule has 0 saturated heterocycles. The lowest BCUT2D eigenvalue weighted by atomic mass is 10.1. The molecule has 0 fully saturated rings. The van der Waals surface area contributed by atoms with Gasteiger partial charge in [-0.05, 0) is 17.7 Å². The zero-order chi connectivity index (χ0) is 15.1. The summed E-state index contributed by atoms with van der Waals surface area (Å²) in [7, 11) is 1.46. The maximum Gasteiger partial charge on any atom is 0.273 e. The van der Waals surface area contributed by atoms with Crippen LogP contribution in [0.4, 0.5) is 0 Å². The first-order valence-electron chi connectivity index (χ1n) is 6.41.